The van der Waals surface area contributed by atoms with E-state index >= 15 is 0 Å². The van der Waals surface area contributed by atoms with Gasteiger partial charge in [0.15, 0.2) is 0 Å². The van der Waals surface area contributed by atoms with Gasteiger partial charge in [0.25, 0.3) is 0 Å². The normalized spacial score (nSPS) is 11.1. The maximum Gasteiger partial charge on any atom is 1.00 e. The van der Waals surface area contributed by atoms with Crippen molar-refractivity contribution in [2.24, 2.45) is 0 Å². The second kappa shape index (κ2) is 24.1. The molecular formula is C28H47NaO2. The zero-order chi connectivity index (χ0) is 22.5. The van der Waals surface area contributed by atoms with Gasteiger partial charge < -0.3 is 9.90 Å². The van der Waals surface area contributed by atoms with Crippen LogP contribution in [0.5, 0.6) is 0 Å². The molecule has 1 atom stereocenters. The van der Waals surface area contributed by atoms with Gasteiger partial charge in [0.1, 0.15) is 0 Å². The van der Waals surface area contributed by atoms with Gasteiger partial charge in [-0.3, -0.25) is 0 Å². The molecule has 0 saturated carbocycles. The maximum absolute atomic E-state index is 10.5. The Kier molecular flexibility index (Phi) is 25.3. The molecule has 0 aliphatic rings. The van der Waals surface area contributed by atoms with E-state index in [1.165, 1.54) is 81.8 Å². The van der Waals surface area contributed by atoms with Crippen LogP contribution < -0.4 is 34.7 Å². The summed E-state index contributed by atoms with van der Waals surface area (Å²) in [6, 6.07) is 8.92. The summed E-state index contributed by atoms with van der Waals surface area (Å²) < 4.78 is 0. The summed E-state index contributed by atoms with van der Waals surface area (Å²) >= 11 is 0. The fourth-order valence-electron chi connectivity index (χ4n) is 3.92. The summed E-state index contributed by atoms with van der Waals surface area (Å²) in [6.45, 7) is 10.1. The van der Waals surface area contributed by atoms with Crippen LogP contribution in [0, 0.1) is 0 Å². The molecule has 2 nitrogen and oxygen atoms in total. The van der Waals surface area contributed by atoms with Crippen LogP contribution in [-0.2, 0) is 4.79 Å². The zero-order valence-electron chi connectivity index (χ0n) is 21.1. The van der Waals surface area contributed by atoms with Crippen LogP contribution in [0.1, 0.15) is 134 Å². The van der Waals surface area contributed by atoms with Crippen molar-refractivity contribution in [2.45, 2.75) is 123 Å². The van der Waals surface area contributed by atoms with E-state index in [-0.39, 0.29) is 36.0 Å². The Bertz CT molecular complexity index is 524. The van der Waals surface area contributed by atoms with Crippen LogP contribution in [0.3, 0.4) is 0 Å². The average molecular weight is 439 g/mol. The van der Waals surface area contributed by atoms with Crippen LogP contribution >= 0.6 is 0 Å². The van der Waals surface area contributed by atoms with Crippen molar-refractivity contribution in [3.8, 4) is 0 Å². The standard InChI is InChI=1S/C26H42O2.C2H6.Na/c1-3-5-6-7-8-10-13-16-24(25-21-19-23(4-2)20-22-25)17-14-11-9-12-15-18-26(27)28;1-2;/h4,19-22,24H,2-3,5-18H2,1H3,(H,27,28);1-2H3;/q;;+1/p-1. The number of carbonyl (C=O) groups excluding carboxylic acids is 1. The minimum absolute atomic E-state index is 0. The largest absolute Gasteiger partial charge is 1.00 e. The topological polar surface area (TPSA) is 40.1 Å². The third kappa shape index (κ3) is 18.7. The molecule has 3 heteroatoms. The molecule has 0 heterocycles. The summed E-state index contributed by atoms with van der Waals surface area (Å²) in [5.41, 5.74) is 2.65. The molecule has 1 rings (SSSR count). The number of aliphatic carboxylic acids is 1. The molecule has 0 fully saturated rings. The summed E-state index contributed by atoms with van der Waals surface area (Å²) in [6.07, 6.45) is 19.5. The fraction of sp³-hybridized carbons (Fsp3) is 0.679. The number of unbranched alkanes of at least 4 members (excludes halogenated alkanes) is 10. The SMILES string of the molecule is C=Cc1ccc(C(CCCCCCCCC)CCCCCCCC(=O)[O-])cc1.CC.[Na+]. The molecule has 0 saturated heterocycles. The first kappa shape index (κ1) is 32.6. The van der Waals surface area contributed by atoms with Crippen molar-refractivity contribution in [3.63, 3.8) is 0 Å². The molecule has 0 aliphatic heterocycles. The quantitative estimate of drug-likeness (QED) is 0.237. The predicted octanol–water partition coefficient (Wildman–Crippen LogP) is 5.06. The van der Waals surface area contributed by atoms with Crippen LogP contribution in [0.4, 0.5) is 0 Å². The van der Waals surface area contributed by atoms with E-state index in [4.69, 9.17) is 0 Å². The molecule has 0 radical (unpaired) electrons. The molecule has 31 heavy (non-hydrogen) atoms. The number of rotatable bonds is 18. The second-order valence-corrected chi connectivity index (χ2v) is 8.16. The average Bonchev–Trinajstić information content (AvgIpc) is 2.77. The van der Waals surface area contributed by atoms with E-state index in [0.29, 0.717) is 5.92 Å². The minimum atomic E-state index is -0.919. The number of hydrogen-bond acceptors (Lipinski definition) is 2. The van der Waals surface area contributed by atoms with Crippen LogP contribution in [0.25, 0.3) is 6.08 Å². The molecular weight excluding hydrogens is 391 g/mol. The Morgan fingerprint density at radius 2 is 1.29 bits per heavy atom. The zero-order valence-corrected chi connectivity index (χ0v) is 23.1. The van der Waals surface area contributed by atoms with E-state index in [1.807, 2.05) is 19.9 Å². The maximum atomic E-state index is 10.5. The van der Waals surface area contributed by atoms with E-state index in [0.717, 1.165) is 19.3 Å². The number of carboxylic acids is 1. The first-order valence-electron chi connectivity index (χ1n) is 12.6. The summed E-state index contributed by atoms with van der Waals surface area (Å²) in [4.78, 5) is 10.5. The minimum Gasteiger partial charge on any atom is -0.550 e. The Balaban J connectivity index is 0. The molecule has 0 aliphatic carbocycles. The number of hydrogen-bond donors (Lipinski definition) is 0. The van der Waals surface area contributed by atoms with Gasteiger partial charge in [0.2, 0.25) is 0 Å². The fourth-order valence-corrected chi connectivity index (χ4v) is 3.92. The summed E-state index contributed by atoms with van der Waals surface area (Å²) in [7, 11) is 0. The number of carbonyl (C=O) groups is 1. The molecule has 0 bridgehead atoms. The van der Waals surface area contributed by atoms with E-state index in [1.54, 1.807) is 0 Å². The van der Waals surface area contributed by atoms with Crippen LogP contribution in [-0.4, -0.2) is 5.97 Å². The van der Waals surface area contributed by atoms with Gasteiger partial charge in [-0.2, -0.15) is 0 Å². The van der Waals surface area contributed by atoms with E-state index in [9.17, 15) is 9.90 Å². The molecule has 0 aromatic heterocycles. The van der Waals surface area contributed by atoms with E-state index in [2.05, 4.69) is 37.8 Å². The van der Waals surface area contributed by atoms with Crippen LogP contribution in [0.2, 0.25) is 0 Å². The third-order valence-corrected chi connectivity index (χ3v) is 5.73. The Hall–Kier alpha value is -0.570. The van der Waals surface area contributed by atoms with Crippen molar-refractivity contribution in [3.05, 3.63) is 42.0 Å². The molecule has 1 unspecified atom stereocenters. The molecule has 0 amide bonds. The van der Waals surface area contributed by atoms with Crippen molar-refractivity contribution < 1.29 is 39.5 Å². The van der Waals surface area contributed by atoms with Gasteiger partial charge in [-0.1, -0.05) is 128 Å². The Morgan fingerprint density at radius 3 is 1.74 bits per heavy atom. The number of benzene rings is 1. The van der Waals surface area contributed by atoms with Gasteiger partial charge in [-0.25, -0.2) is 0 Å². The number of carboxylic acid groups (broad SMARTS) is 1. The van der Waals surface area contributed by atoms with Crippen LogP contribution in [0.15, 0.2) is 30.8 Å². The van der Waals surface area contributed by atoms with Gasteiger partial charge in [0.05, 0.1) is 0 Å². The predicted molar refractivity (Wildman–Crippen MR) is 131 cm³/mol. The van der Waals surface area contributed by atoms with Gasteiger partial charge in [-0.15, -0.1) is 0 Å². The third-order valence-electron chi connectivity index (χ3n) is 5.73. The van der Waals surface area contributed by atoms with Gasteiger partial charge >= 0.3 is 29.6 Å². The Labute approximate surface area is 215 Å². The first-order chi connectivity index (χ1) is 14.7. The monoisotopic (exact) mass is 438 g/mol. The van der Waals surface area contributed by atoms with Crippen molar-refractivity contribution in [2.75, 3.05) is 0 Å². The summed E-state index contributed by atoms with van der Waals surface area (Å²) in [5.74, 6) is -0.268. The van der Waals surface area contributed by atoms with Gasteiger partial charge in [-0.05, 0) is 42.7 Å². The Morgan fingerprint density at radius 1 is 0.839 bits per heavy atom. The molecule has 0 spiro atoms. The molecule has 1 aromatic carbocycles. The summed E-state index contributed by atoms with van der Waals surface area (Å²) in [5, 5.41) is 10.5. The van der Waals surface area contributed by atoms with Crippen molar-refractivity contribution in [1.29, 1.82) is 0 Å². The van der Waals surface area contributed by atoms with E-state index < -0.39 is 5.97 Å². The first-order valence-corrected chi connectivity index (χ1v) is 12.6. The van der Waals surface area contributed by atoms with Crippen molar-refractivity contribution in [1.82, 2.24) is 0 Å². The molecule has 1 aromatic rings. The van der Waals surface area contributed by atoms with Gasteiger partial charge in [0, 0.05) is 5.97 Å². The smallest absolute Gasteiger partial charge is 0.550 e. The molecule has 172 valence electrons. The van der Waals surface area contributed by atoms with Crippen molar-refractivity contribution >= 4 is 12.0 Å². The second-order valence-electron chi connectivity index (χ2n) is 8.16. The molecule has 0 N–H and O–H groups in total.